The molecule has 6 nitrogen and oxygen atoms in total. The number of hydrogen-bond donors (Lipinski definition) is 1. The van der Waals surface area contributed by atoms with E-state index in [2.05, 4.69) is 9.72 Å². The molecule has 118 valence electrons. The van der Waals surface area contributed by atoms with Gasteiger partial charge in [-0.25, -0.2) is 9.78 Å². The summed E-state index contributed by atoms with van der Waals surface area (Å²) in [6, 6.07) is 3.73. The molecule has 0 bridgehead atoms. The molecule has 0 spiro atoms. The molecular weight excluding hydrogens is 303 g/mol. The molecule has 0 radical (unpaired) electrons. The molecular formula is C13H12F3N3O3. The standard InChI is InChI=1S/C13H12F3N3O3/c1-22-11(20)9(18-12(21)13(14,15)16)6-8-7-19-5-3-2-4-10(19)17-8/h2-5,7,9H,6H2,1H3,(H,18,21)/t9-/m0/s1. The maximum Gasteiger partial charge on any atom is 0.471 e. The molecule has 0 saturated heterocycles. The number of nitrogens with zero attached hydrogens (tertiary/aromatic N) is 2. The Kier molecular flexibility index (Phi) is 4.34. The molecule has 1 atom stereocenters. The number of imidazole rings is 1. The van der Waals surface area contributed by atoms with E-state index in [-0.39, 0.29) is 6.42 Å². The minimum absolute atomic E-state index is 0.212. The van der Waals surface area contributed by atoms with E-state index in [1.54, 1.807) is 40.3 Å². The fourth-order valence-electron chi connectivity index (χ4n) is 1.87. The largest absolute Gasteiger partial charge is 0.471 e. The molecule has 0 aliphatic rings. The summed E-state index contributed by atoms with van der Waals surface area (Å²) < 4.78 is 43.0. The van der Waals surface area contributed by atoms with E-state index in [4.69, 9.17) is 0 Å². The van der Waals surface area contributed by atoms with Gasteiger partial charge in [0, 0.05) is 18.8 Å². The zero-order chi connectivity index (χ0) is 16.3. The van der Waals surface area contributed by atoms with Crippen molar-refractivity contribution in [1.82, 2.24) is 14.7 Å². The van der Waals surface area contributed by atoms with Gasteiger partial charge in [0.2, 0.25) is 0 Å². The van der Waals surface area contributed by atoms with Crippen LogP contribution >= 0.6 is 0 Å². The van der Waals surface area contributed by atoms with E-state index in [9.17, 15) is 22.8 Å². The van der Waals surface area contributed by atoms with E-state index in [1.807, 2.05) is 0 Å². The first-order chi connectivity index (χ1) is 10.3. The molecule has 0 aliphatic carbocycles. The Hall–Kier alpha value is -2.58. The normalized spacial score (nSPS) is 12.9. The molecule has 0 fully saturated rings. The van der Waals surface area contributed by atoms with Gasteiger partial charge in [-0.15, -0.1) is 0 Å². The molecule has 2 aromatic heterocycles. The fourth-order valence-corrected chi connectivity index (χ4v) is 1.87. The number of pyridine rings is 1. The quantitative estimate of drug-likeness (QED) is 0.858. The van der Waals surface area contributed by atoms with Crippen molar-refractivity contribution >= 4 is 17.5 Å². The van der Waals surface area contributed by atoms with Crippen molar-refractivity contribution in [3.8, 4) is 0 Å². The number of amides is 1. The third kappa shape index (κ3) is 3.54. The smallest absolute Gasteiger partial charge is 0.467 e. The van der Waals surface area contributed by atoms with E-state index in [1.165, 1.54) is 0 Å². The third-order valence-corrected chi connectivity index (χ3v) is 2.88. The molecule has 0 saturated carbocycles. The summed E-state index contributed by atoms with van der Waals surface area (Å²) in [5, 5.41) is 1.61. The lowest BCUT2D eigenvalue weighted by Crippen LogP contribution is -2.48. The predicted molar refractivity (Wildman–Crippen MR) is 68.9 cm³/mol. The first-order valence-corrected chi connectivity index (χ1v) is 6.19. The fraction of sp³-hybridized carbons (Fsp3) is 0.308. The van der Waals surface area contributed by atoms with E-state index >= 15 is 0 Å². The van der Waals surface area contributed by atoms with Crippen molar-refractivity contribution < 1.29 is 27.5 Å². The Balaban J connectivity index is 2.19. The van der Waals surface area contributed by atoms with Gasteiger partial charge < -0.3 is 14.5 Å². The van der Waals surface area contributed by atoms with Crippen molar-refractivity contribution in [2.75, 3.05) is 7.11 Å². The predicted octanol–water partition coefficient (Wildman–Crippen LogP) is 1.10. The number of ether oxygens (including phenoxy) is 1. The molecule has 9 heteroatoms. The number of halogens is 3. The van der Waals surface area contributed by atoms with Gasteiger partial charge >= 0.3 is 18.1 Å². The number of carbonyl (C=O) groups is 2. The van der Waals surface area contributed by atoms with Crippen molar-refractivity contribution in [3.63, 3.8) is 0 Å². The lowest BCUT2D eigenvalue weighted by Gasteiger charge is -2.16. The van der Waals surface area contributed by atoms with Gasteiger partial charge in [-0.05, 0) is 12.1 Å². The average molecular weight is 315 g/mol. The second kappa shape index (κ2) is 6.04. The highest BCUT2D eigenvalue weighted by Crippen LogP contribution is 2.15. The zero-order valence-electron chi connectivity index (χ0n) is 11.4. The molecule has 2 heterocycles. The monoisotopic (exact) mass is 315 g/mol. The minimum atomic E-state index is -5.08. The number of aromatic nitrogens is 2. The number of nitrogens with one attached hydrogen (secondary N) is 1. The van der Waals surface area contributed by atoms with Crippen molar-refractivity contribution in [2.45, 2.75) is 18.6 Å². The van der Waals surface area contributed by atoms with Crippen molar-refractivity contribution in [1.29, 1.82) is 0 Å². The second-order valence-corrected chi connectivity index (χ2v) is 4.45. The summed E-state index contributed by atoms with van der Waals surface area (Å²) in [4.78, 5) is 26.7. The van der Waals surface area contributed by atoms with E-state index < -0.39 is 24.1 Å². The Morgan fingerprint density at radius 3 is 2.73 bits per heavy atom. The molecule has 2 aromatic rings. The lowest BCUT2D eigenvalue weighted by molar-refractivity contribution is -0.175. The van der Waals surface area contributed by atoms with Crippen LogP contribution in [-0.2, 0) is 20.7 Å². The number of alkyl halides is 3. The highest BCUT2D eigenvalue weighted by atomic mass is 19.4. The number of esters is 1. The highest BCUT2D eigenvalue weighted by Gasteiger charge is 2.41. The van der Waals surface area contributed by atoms with Crippen LogP contribution in [-0.4, -0.2) is 40.6 Å². The summed E-state index contributed by atoms with van der Waals surface area (Å²) in [5.41, 5.74) is 0.923. The summed E-state index contributed by atoms with van der Waals surface area (Å²) in [7, 11) is 1.03. The Morgan fingerprint density at radius 1 is 1.41 bits per heavy atom. The summed E-state index contributed by atoms with van der Waals surface area (Å²) in [6.45, 7) is 0. The number of rotatable bonds is 4. The van der Waals surface area contributed by atoms with Crippen LogP contribution < -0.4 is 5.32 Å². The van der Waals surface area contributed by atoms with Crippen LogP contribution in [0.2, 0.25) is 0 Å². The Bertz CT molecular complexity index is 663. The first-order valence-electron chi connectivity index (χ1n) is 6.19. The van der Waals surface area contributed by atoms with Gasteiger partial charge in [0.15, 0.2) is 0 Å². The Morgan fingerprint density at radius 2 is 2.14 bits per heavy atom. The van der Waals surface area contributed by atoms with Crippen LogP contribution in [0.25, 0.3) is 5.65 Å². The minimum Gasteiger partial charge on any atom is -0.467 e. The molecule has 1 N–H and O–H groups in total. The Labute approximate surface area is 122 Å². The second-order valence-electron chi connectivity index (χ2n) is 4.45. The number of hydrogen-bond acceptors (Lipinski definition) is 4. The molecule has 22 heavy (non-hydrogen) atoms. The number of fused-ring (bicyclic) bond motifs is 1. The topological polar surface area (TPSA) is 72.7 Å². The van der Waals surface area contributed by atoms with Crippen LogP contribution in [0, 0.1) is 0 Å². The van der Waals surface area contributed by atoms with Gasteiger partial charge in [-0.1, -0.05) is 6.07 Å². The maximum absolute atomic E-state index is 12.3. The molecule has 0 unspecified atom stereocenters. The van der Waals surface area contributed by atoms with Crippen molar-refractivity contribution in [3.05, 3.63) is 36.3 Å². The lowest BCUT2D eigenvalue weighted by atomic mass is 10.1. The molecule has 0 aromatic carbocycles. The molecule has 0 aliphatic heterocycles. The van der Waals surface area contributed by atoms with Crippen molar-refractivity contribution in [2.24, 2.45) is 0 Å². The first kappa shape index (κ1) is 15.8. The number of methoxy groups -OCH3 is 1. The van der Waals surface area contributed by atoms with Gasteiger partial charge in [0.25, 0.3) is 0 Å². The maximum atomic E-state index is 12.3. The van der Waals surface area contributed by atoms with Crippen LogP contribution in [0.4, 0.5) is 13.2 Å². The van der Waals surface area contributed by atoms with Crippen LogP contribution in [0.15, 0.2) is 30.6 Å². The zero-order valence-corrected chi connectivity index (χ0v) is 11.4. The molecule has 2 rings (SSSR count). The summed E-state index contributed by atoms with van der Waals surface area (Å²) in [6.07, 6.45) is -2.03. The SMILES string of the molecule is COC(=O)[C@H](Cc1cn2ccccc2n1)NC(=O)C(F)(F)F. The van der Waals surface area contributed by atoms with E-state index in [0.29, 0.717) is 11.3 Å². The van der Waals surface area contributed by atoms with Gasteiger partial charge in [0.05, 0.1) is 12.8 Å². The highest BCUT2D eigenvalue weighted by molar-refractivity contribution is 5.87. The summed E-state index contributed by atoms with van der Waals surface area (Å²) >= 11 is 0. The average Bonchev–Trinajstić information content (AvgIpc) is 2.86. The van der Waals surface area contributed by atoms with Crippen LogP contribution in [0.1, 0.15) is 5.69 Å². The van der Waals surface area contributed by atoms with Gasteiger partial charge in [-0.3, -0.25) is 4.79 Å². The van der Waals surface area contributed by atoms with E-state index in [0.717, 1.165) is 7.11 Å². The summed E-state index contributed by atoms with van der Waals surface area (Å²) in [5.74, 6) is -3.18. The third-order valence-electron chi connectivity index (χ3n) is 2.88. The van der Waals surface area contributed by atoms with Crippen LogP contribution in [0.3, 0.4) is 0 Å². The van der Waals surface area contributed by atoms with Crippen LogP contribution in [0.5, 0.6) is 0 Å². The number of carbonyl (C=O) groups excluding carboxylic acids is 2. The van der Waals surface area contributed by atoms with Gasteiger partial charge in [0.1, 0.15) is 11.7 Å². The van der Waals surface area contributed by atoms with Gasteiger partial charge in [-0.2, -0.15) is 13.2 Å². The molecule has 1 amide bonds.